The van der Waals surface area contributed by atoms with Gasteiger partial charge in [-0.15, -0.1) is 11.8 Å². The summed E-state index contributed by atoms with van der Waals surface area (Å²) in [5, 5.41) is 2.52. The molecule has 0 bridgehead atoms. The average Bonchev–Trinajstić information content (AvgIpc) is 3.03. The van der Waals surface area contributed by atoms with E-state index in [0.717, 1.165) is 12.1 Å². The predicted octanol–water partition coefficient (Wildman–Crippen LogP) is 2.56. The molecule has 2 fully saturated rings. The van der Waals surface area contributed by atoms with Gasteiger partial charge < -0.3 is 16.0 Å². The lowest BCUT2D eigenvalue weighted by atomic mass is 10.1. The maximum atomic E-state index is 13.0. The number of carbonyl (C=O) groups is 2. The highest BCUT2D eigenvalue weighted by atomic mass is 32.2. The van der Waals surface area contributed by atoms with E-state index in [4.69, 9.17) is 5.73 Å². The average molecular weight is 373 g/mol. The fourth-order valence-electron chi connectivity index (χ4n) is 3.29. The summed E-state index contributed by atoms with van der Waals surface area (Å²) in [5.41, 5.74) is 4.89. The minimum absolute atomic E-state index is 0.0329. The van der Waals surface area contributed by atoms with E-state index in [9.17, 15) is 22.8 Å². The second kappa shape index (κ2) is 6.21. The van der Waals surface area contributed by atoms with Gasteiger partial charge in [-0.2, -0.15) is 13.2 Å². The summed E-state index contributed by atoms with van der Waals surface area (Å²) in [5.74, 6) is -0.148. The first-order valence-electron chi connectivity index (χ1n) is 7.82. The molecule has 25 heavy (non-hydrogen) atoms. The highest BCUT2D eigenvalue weighted by molar-refractivity contribution is 8.01. The number of thioether (sulfide) groups is 1. The number of nitrogens with zero attached hydrogens (tertiary/aromatic N) is 1. The maximum Gasteiger partial charge on any atom is 0.416 e. The molecular formula is C16H18F3N3O2S. The van der Waals surface area contributed by atoms with Gasteiger partial charge in [-0.25, -0.2) is 0 Å². The fraction of sp³-hybridized carbons (Fsp3) is 0.500. The third kappa shape index (κ3) is 3.35. The molecule has 136 valence electrons. The molecule has 2 saturated heterocycles. The highest BCUT2D eigenvalue weighted by Crippen LogP contribution is 2.47. The Morgan fingerprint density at radius 1 is 1.44 bits per heavy atom. The van der Waals surface area contributed by atoms with Crippen molar-refractivity contribution < 1.29 is 22.8 Å². The topological polar surface area (TPSA) is 75.4 Å². The number of nitrogens with one attached hydrogen (secondary N) is 1. The molecule has 0 aromatic heterocycles. The number of anilines is 1. The maximum absolute atomic E-state index is 13.0. The van der Waals surface area contributed by atoms with Gasteiger partial charge in [0.1, 0.15) is 6.04 Å². The molecule has 2 atom stereocenters. The SMILES string of the molecule is CC12CCC(=O)N1C(C(=O)Nc1cc(CN)cc(C(F)(F)F)c1)CS2. The van der Waals surface area contributed by atoms with E-state index in [1.807, 2.05) is 6.92 Å². The van der Waals surface area contributed by atoms with Gasteiger partial charge in [-0.1, -0.05) is 0 Å². The molecule has 2 amide bonds. The minimum atomic E-state index is -4.53. The van der Waals surface area contributed by atoms with E-state index >= 15 is 0 Å². The number of amides is 2. The summed E-state index contributed by atoms with van der Waals surface area (Å²) in [6, 6.07) is 2.58. The molecule has 1 aromatic carbocycles. The van der Waals surface area contributed by atoms with Crippen LogP contribution in [-0.4, -0.2) is 33.4 Å². The van der Waals surface area contributed by atoms with E-state index in [1.165, 1.54) is 17.8 Å². The minimum Gasteiger partial charge on any atom is -0.326 e. The van der Waals surface area contributed by atoms with Crippen LogP contribution in [0.1, 0.15) is 30.9 Å². The van der Waals surface area contributed by atoms with Crippen LogP contribution in [0.5, 0.6) is 0 Å². The Balaban J connectivity index is 1.83. The van der Waals surface area contributed by atoms with Crippen LogP contribution in [0.25, 0.3) is 0 Å². The van der Waals surface area contributed by atoms with Crippen molar-refractivity contribution in [3.63, 3.8) is 0 Å². The van der Waals surface area contributed by atoms with Gasteiger partial charge in [0.25, 0.3) is 0 Å². The van der Waals surface area contributed by atoms with Gasteiger partial charge in [0.05, 0.1) is 10.4 Å². The Kier molecular flexibility index (Phi) is 4.48. The molecule has 0 saturated carbocycles. The van der Waals surface area contributed by atoms with Crippen LogP contribution in [0.3, 0.4) is 0 Å². The molecule has 1 aromatic rings. The largest absolute Gasteiger partial charge is 0.416 e. The van der Waals surface area contributed by atoms with Gasteiger partial charge in [0.15, 0.2) is 0 Å². The van der Waals surface area contributed by atoms with Crippen molar-refractivity contribution in [1.82, 2.24) is 4.90 Å². The third-order valence-corrected chi connectivity index (χ3v) is 6.08. The lowest BCUT2D eigenvalue weighted by molar-refractivity contribution is -0.137. The van der Waals surface area contributed by atoms with Crippen molar-refractivity contribution in [3.05, 3.63) is 29.3 Å². The number of nitrogens with two attached hydrogens (primary N) is 1. The Morgan fingerprint density at radius 3 is 2.80 bits per heavy atom. The Morgan fingerprint density at radius 2 is 2.16 bits per heavy atom. The number of rotatable bonds is 3. The first-order chi connectivity index (χ1) is 11.6. The smallest absolute Gasteiger partial charge is 0.326 e. The molecule has 0 spiro atoms. The molecule has 2 heterocycles. The standard InChI is InChI=1S/C16H18F3N3O2S/c1-15-3-2-13(23)22(15)12(8-25-15)14(24)21-11-5-9(7-20)4-10(6-11)16(17,18)19/h4-6,12H,2-3,7-8,20H2,1H3,(H,21,24). The van der Waals surface area contributed by atoms with Crippen molar-refractivity contribution in [2.75, 3.05) is 11.1 Å². The van der Waals surface area contributed by atoms with E-state index < -0.39 is 28.6 Å². The molecular weight excluding hydrogens is 355 g/mol. The predicted molar refractivity (Wildman–Crippen MR) is 88.7 cm³/mol. The molecule has 3 N–H and O–H groups in total. The second-order valence-electron chi connectivity index (χ2n) is 6.38. The quantitative estimate of drug-likeness (QED) is 0.854. The number of hydrogen-bond donors (Lipinski definition) is 2. The monoisotopic (exact) mass is 373 g/mol. The number of hydrogen-bond acceptors (Lipinski definition) is 4. The fourth-order valence-corrected chi connectivity index (χ4v) is 4.72. The number of carbonyl (C=O) groups excluding carboxylic acids is 2. The van der Waals surface area contributed by atoms with Gasteiger partial charge in [0, 0.05) is 24.4 Å². The molecule has 0 radical (unpaired) electrons. The van der Waals surface area contributed by atoms with Crippen molar-refractivity contribution in [3.8, 4) is 0 Å². The molecule has 3 rings (SSSR count). The van der Waals surface area contributed by atoms with Gasteiger partial charge in [-0.05, 0) is 37.1 Å². The Labute approximate surface area is 147 Å². The number of benzene rings is 1. The zero-order valence-corrected chi connectivity index (χ0v) is 14.3. The van der Waals surface area contributed by atoms with Crippen LogP contribution in [-0.2, 0) is 22.3 Å². The second-order valence-corrected chi connectivity index (χ2v) is 7.88. The van der Waals surface area contributed by atoms with Crippen LogP contribution in [0.2, 0.25) is 0 Å². The molecule has 2 unspecified atom stereocenters. The van der Waals surface area contributed by atoms with E-state index in [2.05, 4.69) is 5.32 Å². The summed E-state index contributed by atoms with van der Waals surface area (Å²) in [7, 11) is 0. The van der Waals surface area contributed by atoms with Gasteiger partial charge in [0.2, 0.25) is 11.8 Å². The molecule has 0 aliphatic carbocycles. The normalized spacial score (nSPS) is 26.0. The number of fused-ring (bicyclic) bond motifs is 1. The van der Waals surface area contributed by atoms with Gasteiger partial charge in [-0.3, -0.25) is 9.59 Å². The van der Waals surface area contributed by atoms with Crippen LogP contribution in [0.4, 0.5) is 18.9 Å². The Hall–Kier alpha value is -1.74. The lowest BCUT2D eigenvalue weighted by Gasteiger charge is -2.29. The van der Waals surface area contributed by atoms with E-state index in [1.54, 1.807) is 4.90 Å². The first kappa shape index (κ1) is 18.1. The summed E-state index contributed by atoms with van der Waals surface area (Å²) in [4.78, 5) is 25.8. The van der Waals surface area contributed by atoms with Crippen molar-refractivity contribution in [2.45, 2.75) is 43.4 Å². The third-order valence-electron chi connectivity index (χ3n) is 4.57. The zero-order chi connectivity index (χ0) is 18.4. The van der Waals surface area contributed by atoms with Crippen molar-refractivity contribution in [2.24, 2.45) is 5.73 Å². The zero-order valence-electron chi connectivity index (χ0n) is 13.5. The first-order valence-corrected chi connectivity index (χ1v) is 8.81. The van der Waals surface area contributed by atoms with Crippen molar-refractivity contribution >= 4 is 29.3 Å². The van der Waals surface area contributed by atoms with E-state index in [0.29, 0.717) is 18.6 Å². The van der Waals surface area contributed by atoms with Gasteiger partial charge >= 0.3 is 6.18 Å². The van der Waals surface area contributed by atoms with Crippen LogP contribution in [0.15, 0.2) is 18.2 Å². The summed E-state index contributed by atoms with van der Waals surface area (Å²) < 4.78 is 39.0. The highest BCUT2D eigenvalue weighted by Gasteiger charge is 2.52. The summed E-state index contributed by atoms with van der Waals surface area (Å²) in [6.45, 7) is 1.83. The molecule has 2 aliphatic rings. The van der Waals surface area contributed by atoms with Crippen LogP contribution >= 0.6 is 11.8 Å². The molecule has 9 heteroatoms. The lowest BCUT2D eigenvalue weighted by Crippen LogP contribution is -2.48. The van der Waals surface area contributed by atoms with Crippen LogP contribution in [0, 0.1) is 0 Å². The van der Waals surface area contributed by atoms with Crippen molar-refractivity contribution in [1.29, 1.82) is 0 Å². The molecule has 2 aliphatic heterocycles. The van der Waals surface area contributed by atoms with E-state index in [-0.39, 0.29) is 23.7 Å². The number of halogens is 3. The Bertz CT molecular complexity index is 725. The summed E-state index contributed by atoms with van der Waals surface area (Å²) >= 11 is 1.53. The summed E-state index contributed by atoms with van der Waals surface area (Å²) in [6.07, 6.45) is -3.48. The molecule has 5 nitrogen and oxygen atoms in total. The van der Waals surface area contributed by atoms with Crippen LogP contribution < -0.4 is 11.1 Å². The number of alkyl halides is 3.